The van der Waals surface area contributed by atoms with Gasteiger partial charge in [0.1, 0.15) is 5.82 Å². The number of pyridine rings is 1. The van der Waals surface area contributed by atoms with Gasteiger partial charge in [0.2, 0.25) is 0 Å². The van der Waals surface area contributed by atoms with Crippen molar-refractivity contribution in [3.8, 4) is 0 Å². The van der Waals surface area contributed by atoms with E-state index in [9.17, 15) is 0 Å². The minimum absolute atomic E-state index is 0.797. The second-order valence-electron chi connectivity index (χ2n) is 4.14. The lowest BCUT2D eigenvalue weighted by atomic mass is 10.1. The highest BCUT2D eigenvalue weighted by atomic mass is 15.0. The molecule has 2 N–H and O–H groups in total. The molecule has 0 aliphatic carbocycles. The van der Waals surface area contributed by atoms with Crippen LogP contribution in [-0.2, 0) is 6.54 Å². The summed E-state index contributed by atoms with van der Waals surface area (Å²) in [6, 6.07) is 10.5. The molecule has 1 heterocycles. The van der Waals surface area contributed by atoms with Gasteiger partial charge in [0.25, 0.3) is 0 Å². The molecule has 90 valence electrons. The molecule has 17 heavy (non-hydrogen) atoms. The van der Waals surface area contributed by atoms with Crippen molar-refractivity contribution >= 4 is 16.6 Å². The first-order chi connectivity index (χ1) is 8.35. The zero-order chi connectivity index (χ0) is 12.1. The number of aromatic nitrogens is 1. The van der Waals surface area contributed by atoms with Crippen LogP contribution in [-0.4, -0.2) is 18.6 Å². The Bertz CT molecular complexity index is 494. The third kappa shape index (κ3) is 2.74. The molecule has 2 aromatic rings. The third-order valence-electron chi connectivity index (χ3n) is 2.69. The molecule has 0 bridgehead atoms. The smallest absolute Gasteiger partial charge is 0.134 e. The topological polar surface area (TPSA) is 37.0 Å². The molecule has 1 aromatic heterocycles. The van der Waals surface area contributed by atoms with E-state index in [1.54, 1.807) is 0 Å². The molecule has 0 spiro atoms. The number of fused-ring (bicyclic) bond motifs is 1. The van der Waals surface area contributed by atoms with E-state index in [4.69, 9.17) is 0 Å². The summed E-state index contributed by atoms with van der Waals surface area (Å²) in [5, 5.41) is 8.98. The van der Waals surface area contributed by atoms with Crippen LogP contribution in [0.15, 0.2) is 30.3 Å². The zero-order valence-electron chi connectivity index (χ0n) is 10.5. The van der Waals surface area contributed by atoms with Crippen LogP contribution >= 0.6 is 0 Å². The van der Waals surface area contributed by atoms with Crippen molar-refractivity contribution in [2.45, 2.75) is 19.9 Å². The second-order valence-corrected chi connectivity index (χ2v) is 4.14. The van der Waals surface area contributed by atoms with E-state index in [0.717, 1.165) is 31.0 Å². The average molecular weight is 229 g/mol. The lowest BCUT2D eigenvalue weighted by Gasteiger charge is -2.10. The summed E-state index contributed by atoms with van der Waals surface area (Å²) < 4.78 is 0. The Hall–Kier alpha value is -1.61. The monoisotopic (exact) mass is 229 g/mol. The Labute approximate surface area is 102 Å². The van der Waals surface area contributed by atoms with Crippen LogP contribution in [0.2, 0.25) is 0 Å². The predicted octanol–water partition coefficient (Wildman–Crippen LogP) is 2.78. The fraction of sp³-hybridized carbons (Fsp3) is 0.357. The zero-order valence-corrected chi connectivity index (χ0v) is 10.5. The summed E-state index contributed by atoms with van der Waals surface area (Å²) in [4.78, 5) is 4.65. The number of rotatable bonds is 5. The van der Waals surface area contributed by atoms with Crippen LogP contribution in [0.5, 0.6) is 0 Å². The van der Waals surface area contributed by atoms with Crippen molar-refractivity contribution in [2.24, 2.45) is 0 Å². The molecule has 0 atom stereocenters. The number of nitrogens with one attached hydrogen (secondary N) is 2. The van der Waals surface area contributed by atoms with E-state index in [1.165, 1.54) is 10.8 Å². The van der Waals surface area contributed by atoms with Crippen molar-refractivity contribution < 1.29 is 0 Å². The van der Waals surface area contributed by atoms with Gasteiger partial charge in [-0.1, -0.05) is 31.2 Å². The fourth-order valence-corrected chi connectivity index (χ4v) is 1.90. The van der Waals surface area contributed by atoms with Crippen LogP contribution in [0.3, 0.4) is 0 Å². The Kier molecular flexibility index (Phi) is 3.94. The average Bonchev–Trinajstić information content (AvgIpc) is 2.36. The highest BCUT2D eigenvalue weighted by Crippen LogP contribution is 2.22. The number of anilines is 1. The van der Waals surface area contributed by atoms with E-state index in [2.05, 4.69) is 52.9 Å². The number of nitrogens with zero attached hydrogens (tertiary/aromatic N) is 1. The Balaban J connectivity index is 2.45. The molecule has 0 radical (unpaired) electrons. The largest absolute Gasteiger partial charge is 0.370 e. The van der Waals surface area contributed by atoms with Crippen molar-refractivity contribution in [3.63, 3.8) is 0 Å². The molecule has 2 rings (SSSR count). The van der Waals surface area contributed by atoms with Gasteiger partial charge in [0.05, 0.1) is 5.69 Å². The van der Waals surface area contributed by atoms with Crippen molar-refractivity contribution in [1.82, 2.24) is 10.3 Å². The first-order valence-corrected chi connectivity index (χ1v) is 6.12. The Morgan fingerprint density at radius 3 is 2.82 bits per heavy atom. The third-order valence-corrected chi connectivity index (χ3v) is 2.69. The maximum atomic E-state index is 4.65. The number of benzene rings is 1. The van der Waals surface area contributed by atoms with Gasteiger partial charge in [-0.15, -0.1) is 0 Å². The lowest BCUT2D eigenvalue weighted by molar-refractivity contribution is 0.793. The summed E-state index contributed by atoms with van der Waals surface area (Å²) in [5.41, 5.74) is 1.07. The molecule has 1 aromatic carbocycles. The normalized spacial score (nSPS) is 10.7. The van der Waals surface area contributed by atoms with Gasteiger partial charge in [-0.05, 0) is 24.9 Å². The minimum Gasteiger partial charge on any atom is -0.370 e. The fourth-order valence-electron chi connectivity index (χ4n) is 1.90. The van der Waals surface area contributed by atoms with Crippen molar-refractivity contribution in [1.29, 1.82) is 0 Å². The standard InChI is InChI=1S/C14H19N3/c1-3-8-16-14-13-7-5-4-6-11(13)9-12(17-14)10-15-2/h4-7,9,15H,3,8,10H2,1-2H3,(H,16,17). The summed E-state index contributed by atoms with van der Waals surface area (Å²) in [7, 11) is 1.94. The molecule has 0 aliphatic heterocycles. The maximum Gasteiger partial charge on any atom is 0.134 e. The first-order valence-electron chi connectivity index (χ1n) is 6.12. The molecule has 0 saturated heterocycles. The van der Waals surface area contributed by atoms with E-state index in [1.807, 2.05) is 7.05 Å². The number of hydrogen-bond acceptors (Lipinski definition) is 3. The Morgan fingerprint density at radius 2 is 2.06 bits per heavy atom. The lowest BCUT2D eigenvalue weighted by Crippen LogP contribution is -2.09. The summed E-state index contributed by atoms with van der Waals surface area (Å²) in [5.74, 6) is 0.996. The van der Waals surface area contributed by atoms with Gasteiger partial charge in [0.15, 0.2) is 0 Å². The molecular weight excluding hydrogens is 210 g/mol. The molecule has 0 fully saturated rings. The molecule has 0 unspecified atom stereocenters. The van der Waals surface area contributed by atoms with E-state index in [-0.39, 0.29) is 0 Å². The van der Waals surface area contributed by atoms with Crippen LogP contribution in [0, 0.1) is 0 Å². The predicted molar refractivity (Wildman–Crippen MR) is 73.3 cm³/mol. The van der Waals surface area contributed by atoms with E-state index >= 15 is 0 Å². The molecule has 0 saturated carbocycles. The van der Waals surface area contributed by atoms with Gasteiger partial charge < -0.3 is 10.6 Å². The molecule has 0 amide bonds. The highest BCUT2D eigenvalue weighted by molar-refractivity contribution is 5.92. The number of hydrogen-bond donors (Lipinski definition) is 2. The van der Waals surface area contributed by atoms with Gasteiger partial charge in [-0.25, -0.2) is 4.98 Å². The van der Waals surface area contributed by atoms with Crippen LogP contribution in [0.1, 0.15) is 19.0 Å². The minimum atomic E-state index is 0.797. The van der Waals surface area contributed by atoms with E-state index in [0.29, 0.717) is 0 Å². The summed E-state index contributed by atoms with van der Waals surface area (Å²) in [6.07, 6.45) is 1.10. The van der Waals surface area contributed by atoms with Gasteiger partial charge in [-0.3, -0.25) is 0 Å². The second kappa shape index (κ2) is 5.64. The van der Waals surface area contributed by atoms with Crippen LogP contribution < -0.4 is 10.6 Å². The maximum absolute atomic E-state index is 4.65. The van der Waals surface area contributed by atoms with E-state index < -0.39 is 0 Å². The molecule has 0 aliphatic rings. The molecule has 3 nitrogen and oxygen atoms in total. The quantitative estimate of drug-likeness (QED) is 0.827. The SMILES string of the molecule is CCCNc1nc(CNC)cc2ccccc12. The van der Waals surface area contributed by atoms with Crippen LogP contribution in [0.4, 0.5) is 5.82 Å². The van der Waals surface area contributed by atoms with Crippen molar-refractivity contribution in [2.75, 3.05) is 18.9 Å². The summed E-state index contributed by atoms with van der Waals surface area (Å²) in [6.45, 7) is 3.91. The summed E-state index contributed by atoms with van der Waals surface area (Å²) >= 11 is 0. The van der Waals surface area contributed by atoms with Gasteiger partial charge in [0, 0.05) is 18.5 Å². The van der Waals surface area contributed by atoms with Crippen molar-refractivity contribution in [3.05, 3.63) is 36.0 Å². The van der Waals surface area contributed by atoms with Crippen LogP contribution in [0.25, 0.3) is 10.8 Å². The van der Waals surface area contributed by atoms with Gasteiger partial charge in [-0.2, -0.15) is 0 Å². The first kappa shape index (κ1) is 11.9. The molecular formula is C14H19N3. The Morgan fingerprint density at radius 1 is 1.24 bits per heavy atom. The molecule has 3 heteroatoms. The highest BCUT2D eigenvalue weighted by Gasteiger charge is 2.04. The van der Waals surface area contributed by atoms with Gasteiger partial charge >= 0.3 is 0 Å².